The zero-order valence-corrected chi connectivity index (χ0v) is 21.3. The van der Waals surface area contributed by atoms with Crippen LogP contribution in [0.4, 0.5) is 4.79 Å². The fraction of sp³-hybridized carbons (Fsp3) is 0.280. The van der Waals surface area contributed by atoms with Crippen molar-refractivity contribution < 1.29 is 23.8 Å². The van der Waals surface area contributed by atoms with Crippen LogP contribution in [0.25, 0.3) is 6.08 Å². The molecule has 0 aromatic heterocycles. The van der Waals surface area contributed by atoms with Gasteiger partial charge in [0.15, 0.2) is 11.5 Å². The van der Waals surface area contributed by atoms with Crippen LogP contribution in [0.3, 0.4) is 0 Å². The van der Waals surface area contributed by atoms with Gasteiger partial charge in [0.05, 0.1) is 22.1 Å². The molecular weight excluding hydrogens is 497 g/mol. The number of ether oxygens (including phenoxy) is 3. The van der Waals surface area contributed by atoms with Crippen molar-refractivity contribution in [1.29, 1.82) is 0 Å². The lowest BCUT2D eigenvalue weighted by molar-refractivity contribution is -0.122. The molecule has 2 amide bonds. The lowest BCUT2D eigenvalue weighted by Gasteiger charge is -2.16. The maximum absolute atomic E-state index is 12.7. The summed E-state index contributed by atoms with van der Waals surface area (Å²) in [7, 11) is 3.13. The molecule has 1 heterocycles. The third-order valence-electron chi connectivity index (χ3n) is 5.01. The Hall–Kier alpha value is -2.45. The number of rotatable bonds is 11. The third-order valence-corrected chi connectivity index (χ3v) is 6.65. The molecule has 0 aliphatic carbocycles. The van der Waals surface area contributed by atoms with E-state index in [1.54, 1.807) is 44.6 Å². The van der Waals surface area contributed by atoms with Crippen LogP contribution >= 0.6 is 35.0 Å². The summed E-state index contributed by atoms with van der Waals surface area (Å²) < 4.78 is 16.7. The number of amides is 2. The van der Waals surface area contributed by atoms with E-state index < -0.39 is 0 Å². The van der Waals surface area contributed by atoms with Crippen molar-refractivity contribution in [3.05, 3.63) is 74.6 Å². The fourth-order valence-corrected chi connectivity index (χ4v) is 4.57. The van der Waals surface area contributed by atoms with Gasteiger partial charge in [-0.2, -0.15) is 0 Å². The van der Waals surface area contributed by atoms with Crippen LogP contribution in [0.5, 0.6) is 11.5 Å². The van der Waals surface area contributed by atoms with Crippen LogP contribution in [0.2, 0.25) is 10.0 Å². The zero-order chi connectivity index (χ0) is 24.7. The van der Waals surface area contributed by atoms with Gasteiger partial charge in [-0.1, -0.05) is 35.3 Å². The third kappa shape index (κ3) is 6.36. The quantitative estimate of drug-likeness (QED) is 0.194. The Kier molecular flexibility index (Phi) is 9.47. The first-order valence-corrected chi connectivity index (χ1v) is 12.1. The van der Waals surface area contributed by atoms with Gasteiger partial charge in [0.25, 0.3) is 11.1 Å². The first-order chi connectivity index (χ1) is 16.4. The lowest BCUT2D eigenvalue weighted by Crippen LogP contribution is -2.29. The largest absolute Gasteiger partial charge is 0.493 e. The number of carbonyl (C=O) groups is 2. The molecule has 1 fully saturated rings. The Morgan fingerprint density at radius 3 is 2.59 bits per heavy atom. The van der Waals surface area contributed by atoms with E-state index in [2.05, 4.69) is 6.58 Å². The SMILES string of the molecule is C=CCc1cc(/C=C2/SC(=O)N(CCCOC)C2=O)cc(OC)c1OCc1ccc(Cl)c(Cl)c1. The molecule has 2 aromatic carbocycles. The summed E-state index contributed by atoms with van der Waals surface area (Å²) >= 11 is 13.0. The Morgan fingerprint density at radius 1 is 1.12 bits per heavy atom. The molecule has 0 saturated carbocycles. The van der Waals surface area contributed by atoms with E-state index >= 15 is 0 Å². The molecule has 34 heavy (non-hydrogen) atoms. The highest BCUT2D eigenvalue weighted by Gasteiger charge is 2.34. The van der Waals surface area contributed by atoms with Crippen molar-refractivity contribution in [3.8, 4) is 11.5 Å². The highest BCUT2D eigenvalue weighted by atomic mass is 35.5. The molecule has 0 radical (unpaired) electrons. The van der Waals surface area contributed by atoms with Crippen LogP contribution in [0.15, 0.2) is 47.9 Å². The lowest BCUT2D eigenvalue weighted by atomic mass is 10.0. The molecule has 0 bridgehead atoms. The number of hydrogen-bond acceptors (Lipinski definition) is 6. The summed E-state index contributed by atoms with van der Waals surface area (Å²) in [4.78, 5) is 26.6. The molecule has 9 heteroatoms. The summed E-state index contributed by atoms with van der Waals surface area (Å²) in [6, 6.07) is 8.98. The van der Waals surface area contributed by atoms with Gasteiger partial charge in [-0.3, -0.25) is 14.5 Å². The number of carbonyl (C=O) groups excluding carboxylic acids is 2. The molecule has 0 unspecified atom stereocenters. The minimum atomic E-state index is -0.310. The smallest absolute Gasteiger partial charge is 0.293 e. The molecule has 180 valence electrons. The molecular formula is C25H25Cl2NO5S. The Morgan fingerprint density at radius 2 is 1.91 bits per heavy atom. The Balaban J connectivity index is 1.86. The number of nitrogens with zero attached hydrogens (tertiary/aromatic N) is 1. The molecule has 1 aliphatic rings. The molecule has 6 nitrogen and oxygen atoms in total. The maximum atomic E-state index is 12.7. The van der Waals surface area contributed by atoms with Crippen molar-refractivity contribution in [1.82, 2.24) is 4.90 Å². The molecule has 1 saturated heterocycles. The molecule has 1 aliphatic heterocycles. The van der Waals surface area contributed by atoms with Crippen molar-refractivity contribution in [2.75, 3.05) is 27.4 Å². The molecule has 3 rings (SSSR count). The molecule has 0 spiro atoms. The fourth-order valence-electron chi connectivity index (χ4n) is 3.39. The van der Waals surface area contributed by atoms with Crippen LogP contribution in [-0.2, 0) is 22.6 Å². The highest BCUT2D eigenvalue weighted by Crippen LogP contribution is 2.37. The number of benzene rings is 2. The van der Waals surface area contributed by atoms with Gasteiger partial charge in [0.2, 0.25) is 0 Å². The first-order valence-electron chi connectivity index (χ1n) is 10.5. The van der Waals surface area contributed by atoms with Crippen LogP contribution < -0.4 is 9.47 Å². The van der Waals surface area contributed by atoms with Crippen molar-refractivity contribution >= 4 is 52.2 Å². The summed E-state index contributed by atoms with van der Waals surface area (Å²) in [5, 5.41) is 0.641. The van der Waals surface area contributed by atoms with E-state index in [1.807, 2.05) is 12.1 Å². The average Bonchev–Trinajstić information content (AvgIpc) is 3.07. The Bertz CT molecular complexity index is 1120. The number of halogens is 2. The standard InChI is InChI=1S/C25H25Cl2NO5S/c1-4-6-18-11-17(14-22-24(29)28(25(30)34-22)9-5-10-31-2)13-21(32-3)23(18)33-15-16-7-8-19(26)20(27)12-16/h4,7-8,11-14H,1,5-6,9-10,15H2,2-3H3/b22-14+. The van der Waals surface area contributed by atoms with Gasteiger partial charge in [0.1, 0.15) is 6.61 Å². The van der Waals surface area contributed by atoms with E-state index in [1.165, 1.54) is 4.90 Å². The van der Waals surface area contributed by atoms with Gasteiger partial charge in [0, 0.05) is 25.8 Å². The van der Waals surface area contributed by atoms with Crippen LogP contribution in [0, 0.1) is 0 Å². The van der Waals surface area contributed by atoms with Crippen LogP contribution in [-0.4, -0.2) is 43.4 Å². The van der Waals surface area contributed by atoms with E-state index in [-0.39, 0.29) is 17.8 Å². The second kappa shape index (κ2) is 12.3. The topological polar surface area (TPSA) is 65.1 Å². The number of thioether (sulfide) groups is 1. The van der Waals surface area contributed by atoms with Crippen molar-refractivity contribution in [2.45, 2.75) is 19.4 Å². The summed E-state index contributed by atoms with van der Waals surface area (Å²) in [5.41, 5.74) is 2.41. The number of hydrogen-bond donors (Lipinski definition) is 0. The van der Waals surface area contributed by atoms with E-state index in [9.17, 15) is 9.59 Å². The van der Waals surface area contributed by atoms with Gasteiger partial charge in [-0.05, 0) is 66.1 Å². The average molecular weight is 522 g/mol. The second-order valence-corrected chi connectivity index (χ2v) is 9.23. The summed E-state index contributed by atoms with van der Waals surface area (Å²) in [6.07, 6.45) is 4.56. The van der Waals surface area contributed by atoms with Gasteiger partial charge in [-0.15, -0.1) is 6.58 Å². The minimum Gasteiger partial charge on any atom is -0.493 e. The zero-order valence-electron chi connectivity index (χ0n) is 18.9. The van der Waals surface area contributed by atoms with E-state index in [4.69, 9.17) is 37.4 Å². The van der Waals surface area contributed by atoms with Gasteiger partial charge < -0.3 is 14.2 Å². The molecule has 0 N–H and O–H groups in total. The predicted octanol–water partition coefficient (Wildman–Crippen LogP) is 6.38. The number of allylic oxidation sites excluding steroid dienone is 1. The minimum absolute atomic E-state index is 0.261. The molecule has 2 aromatic rings. The number of imide groups is 1. The normalized spacial score (nSPS) is 14.7. The predicted molar refractivity (Wildman–Crippen MR) is 137 cm³/mol. The van der Waals surface area contributed by atoms with Crippen molar-refractivity contribution in [2.24, 2.45) is 0 Å². The highest BCUT2D eigenvalue weighted by molar-refractivity contribution is 8.18. The second-order valence-electron chi connectivity index (χ2n) is 7.42. The van der Waals surface area contributed by atoms with E-state index in [0.29, 0.717) is 52.4 Å². The maximum Gasteiger partial charge on any atom is 0.293 e. The van der Waals surface area contributed by atoms with Crippen LogP contribution in [0.1, 0.15) is 23.1 Å². The number of methoxy groups -OCH3 is 2. The Labute approximate surface area is 213 Å². The molecule has 0 atom stereocenters. The van der Waals surface area contributed by atoms with E-state index in [0.717, 1.165) is 28.5 Å². The van der Waals surface area contributed by atoms with Crippen molar-refractivity contribution in [3.63, 3.8) is 0 Å². The van der Waals surface area contributed by atoms with Gasteiger partial charge in [-0.25, -0.2) is 0 Å². The first kappa shape index (κ1) is 26.2. The summed E-state index contributed by atoms with van der Waals surface area (Å²) in [5.74, 6) is 0.763. The van der Waals surface area contributed by atoms with Gasteiger partial charge >= 0.3 is 0 Å². The monoisotopic (exact) mass is 521 g/mol. The summed E-state index contributed by atoms with van der Waals surface area (Å²) in [6.45, 7) is 4.89.